The molecular weight excluding hydrogens is 388 g/mol. The van der Waals surface area contributed by atoms with Crippen molar-refractivity contribution in [2.75, 3.05) is 18.6 Å². The van der Waals surface area contributed by atoms with Crippen LogP contribution in [-0.2, 0) is 11.3 Å². The Morgan fingerprint density at radius 2 is 1.72 bits per heavy atom. The first-order chi connectivity index (χ1) is 14.0. The summed E-state index contributed by atoms with van der Waals surface area (Å²) in [6.07, 6.45) is 1.66. The van der Waals surface area contributed by atoms with Crippen LogP contribution in [0.5, 0.6) is 11.5 Å². The molecule has 0 fully saturated rings. The Kier molecular flexibility index (Phi) is 6.73. The van der Waals surface area contributed by atoms with Crippen LogP contribution >= 0.6 is 11.6 Å². The van der Waals surface area contributed by atoms with Crippen molar-refractivity contribution in [3.05, 3.63) is 82.5 Å². The summed E-state index contributed by atoms with van der Waals surface area (Å²) in [5.74, 6) is 1.76. The zero-order chi connectivity index (χ0) is 20.8. The number of carbonyl (C=O) groups is 1. The SMILES string of the molecule is COc1ccc(CN(C(=O)COc2cc(C)c(Cl)c(C)c2)c2ccccn2)cc1. The molecule has 0 aliphatic carbocycles. The number of aromatic nitrogens is 1. The summed E-state index contributed by atoms with van der Waals surface area (Å²) < 4.78 is 11.0. The third kappa shape index (κ3) is 5.27. The van der Waals surface area contributed by atoms with Crippen molar-refractivity contribution in [1.29, 1.82) is 0 Å². The zero-order valence-corrected chi connectivity index (χ0v) is 17.4. The van der Waals surface area contributed by atoms with E-state index < -0.39 is 0 Å². The molecule has 3 rings (SSSR count). The summed E-state index contributed by atoms with van der Waals surface area (Å²) in [7, 11) is 1.62. The van der Waals surface area contributed by atoms with E-state index in [0.717, 1.165) is 22.4 Å². The normalized spacial score (nSPS) is 10.5. The van der Waals surface area contributed by atoms with Crippen LogP contribution in [0, 0.1) is 13.8 Å². The van der Waals surface area contributed by atoms with E-state index in [1.165, 1.54) is 0 Å². The fourth-order valence-corrected chi connectivity index (χ4v) is 3.05. The number of methoxy groups -OCH3 is 1. The second kappa shape index (κ2) is 9.43. The summed E-state index contributed by atoms with van der Waals surface area (Å²) in [6.45, 7) is 4.09. The molecule has 1 amide bonds. The van der Waals surface area contributed by atoms with E-state index in [1.807, 2.05) is 62.4 Å². The van der Waals surface area contributed by atoms with Gasteiger partial charge >= 0.3 is 0 Å². The van der Waals surface area contributed by atoms with E-state index in [2.05, 4.69) is 4.98 Å². The van der Waals surface area contributed by atoms with Gasteiger partial charge in [-0.25, -0.2) is 4.98 Å². The monoisotopic (exact) mass is 410 g/mol. The minimum Gasteiger partial charge on any atom is -0.497 e. The van der Waals surface area contributed by atoms with Crippen LogP contribution in [0.3, 0.4) is 0 Å². The molecule has 1 aromatic heterocycles. The largest absolute Gasteiger partial charge is 0.497 e. The number of halogens is 1. The maximum atomic E-state index is 13.0. The molecule has 6 heteroatoms. The predicted octanol–water partition coefficient (Wildman–Crippen LogP) is 4.97. The maximum Gasteiger partial charge on any atom is 0.266 e. The summed E-state index contributed by atoms with van der Waals surface area (Å²) in [6, 6.07) is 16.7. The molecule has 0 unspecified atom stereocenters. The molecule has 5 nitrogen and oxygen atoms in total. The lowest BCUT2D eigenvalue weighted by molar-refractivity contribution is -0.120. The molecule has 2 aromatic carbocycles. The van der Waals surface area contributed by atoms with E-state index in [-0.39, 0.29) is 12.5 Å². The number of ether oxygens (including phenoxy) is 2. The van der Waals surface area contributed by atoms with Gasteiger partial charge in [0, 0.05) is 11.2 Å². The molecule has 0 aliphatic rings. The van der Waals surface area contributed by atoms with Crippen LogP contribution in [0.1, 0.15) is 16.7 Å². The lowest BCUT2D eigenvalue weighted by atomic mass is 10.1. The van der Waals surface area contributed by atoms with E-state index >= 15 is 0 Å². The highest BCUT2D eigenvalue weighted by molar-refractivity contribution is 6.32. The fourth-order valence-electron chi connectivity index (χ4n) is 2.94. The molecular formula is C23H23ClN2O3. The minimum absolute atomic E-state index is 0.104. The van der Waals surface area contributed by atoms with Crippen LogP contribution in [0.4, 0.5) is 5.82 Å². The molecule has 0 atom stereocenters. The Morgan fingerprint density at radius 1 is 1.03 bits per heavy atom. The van der Waals surface area contributed by atoms with Crippen molar-refractivity contribution >= 4 is 23.3 Å². The van der Waals surface area contributed by atoms with Crippen molar-refractivity contribution in [2.45, 2.75) is 20.4 Å². The van der Waals surface area contributed by atoms with Crippen LogP contribution in [-0.4, -0.2) is 24.6 Å². The van der Waals surface area contributed by atoms with Crippen molar-refractivity contribution < 1.29 is 14.3 Å². The highest BCUT2D eigenvalue weighted by Crippen LogP contribution is 2.26. The topological polar surface area (TPSA) is 51.7 Å². The highest BCUT2D eigenvalue weighted by atomic mass is 35.5. The van der Waals surface area contributed by atoms with Crippen molar-refractivity contribution in [1.82, 2.24) is 4.98 Å². The Balaban J connectivity index is 1.77. The van der Waals surface area contributed by atoms with Crippen molar-refractivity contribution in [3.8, 4) is 11.5 Å². The summed E-state index contributed by atoms with van der Waals surface area (Å²) in [4.78, 5) is 18.9. The second-order valence-electron chi connectivity index (χ2n) is 6.68. The van der Waals surface area contributed by atoms with Crippen LogP contribution in [0.15, 0.2) is 60.8 Å². The summed E-state index contributed by atoms with van der Waals surface area (Å²) >= 11 is 6.21. The maximum absolute atomic E-state index is 13.0. The molecule has 3 aromatic rings. The van der Waals surface area contributed by atoms with Gasteiger partial charge in [-0.1, -0.05) is 29.8 Å². The lowest BCUT2D eigenvalue weighted by Gasteiger charge is -2.22. The Morgan fingerprint density at radius 3 is 2.31 bits per heavy atom. The molecule has 150 valence electrons. The van der Waals surface area contributed by atoms with Gasteiger partial charge in [0.1, 0.15) is 17.3 Å². The number of amides is 1. The average molecular weight is 411 g/mol. The van der Waals surface area contributed by atoms with Crippen molar-refractivity contribution in [3.63, 3.8) is 0 Å². The van der Waals surface area contributed by atoms with E-state index in [9.17, 15) is 4.79 Å². The molecule has 0 N–H and O–H groups in total. The Hall–Kier alpha value is -3.05. The number of benzene rings is 2. The number of aryl methyl sites for hydroxylation is 2. The van der Waals surface area contributed by atoms with Crippen LogP contribution in [0.25, 0.3) is 0 Å². The quantitative estimate of drug-likeness (QED) is 0.551. The number of nitrogens with zero attached hydrogens (tertiary/aromatic N) is 2. The smallest absolute Gasteiger partial charge is 0.266 e. The lowest BCUT2D eigenvalue weighted by Crippen LogP contribution is -2.35. The highest BCUT2D eigenvalue weighted by Gasteiger charge is 2.18. The third-order valence-corrected chi connectivity index (χ3v) is 5.10. The zero-order valence-electron chi connectivity index (χ0n) is 16.7. The van der Waals surface area contributed by atoms with Gasteiger partial charge in [-0.3, -0.25) is 9.69 Å². The molecule has 0 aliphatic heterocycles. The Labute approximate surface area is 175 Å². The van der Waals surface area contributed by atoms with Gasteiger partial charge in [0.25, 0.3) is 5.91 Å². The molecule has 0 saturated heterocycles. The minimum atomic E-state index is -0.190. The standard InChI is InChI=1S/C23H23ClN2O3/c1-16-12-20(13-17(2)23(16)24)29-15-22(27)26(21-6-4-5-11-25-21)14-18-7-9-19(28-3)10-8-18/h4-13H,14-15H2,1-3H3. The molecule has 0 bridgehead atoms. The van der Waals surface area contributed by atoms with Crippen LogP contribution in [0.2, 0.25) is 5.02 Å². The van der Waals surface area contributed by atoms with Gasteiger partial charge in [-0.2, -0.15) is 0 Å². The first-order valence-corrected chi connectivity index (χ1v) is 9.59. The molecule has 0 spiro atoms. The van der Waals surface area contributed by atoms with Gasteiger partial charge in [-0.05, 0) is 66.9 Å². The predicted molar refractivity (Wildman–Crippen MR) is 115 cm³/mol. The van der Waals surface area contributed by atoms with E-state index in [1.54, 1.807) is 24.3 Å². The molecule has 0 radical (unpaired) electrons. The summed E-state index contributed by atoms with van der Waals surface area (Å²) in [5, 5.41) is 0.707. The first-order valence-electron chi connectivity index (χ1n) is 9.22. The third-order valence-electron chi connectivity index (χ3n) is 4.50. The Bertz CT molecular complexity index is 952. The fraction of sp³-hybridized carbons (Fsp3) is 0.217. The average Bonchev–Trinajstić information content (AvgIpc) is 2.75. The van der Waals surface area contributed by atoms with E-state index in [4.69, 9.17) is 21.1 Å². The molecule has 0 saturated carbocycles. The number of carbonyl (C=O) groups excluding carboxylic acids is 1. The molecule has 29 heavy (non-hydrogen) atoms. The van der Waals surface area contributed by atoms with Gasteiger partial charge < -0.3 is 9.47 Å². The number of hydrogen-bond acceptors (Lipinski definition) is 4. The number of anilines is 1. The first kappa shape index (κ1) is 20.7. The second-order valence-corrected chi connectivity index (χ2v) is 7.05. The van der Waals surface area contributed by atoms with E-state index in [0.29, 0.717) is 23.1 Å². The van der Waals surface area contributed by atoms with Gasteiger partial charge in [-0.15, -0.1) is 0 Å². The van der Waals surface area contributed by atoms with Gasteiger partial charge in [0.15, 0.2) is 6.61 Å². The number of pyridine rings is 1. The number of hydrogen-bond donors (Lipinski definition) is 0. The number of rotatable bonds is 7. The van der Waals surface area contributed by atoms with Crippen molar-refractivity contribution in [2.24, 2.45) is 0 Å². The van der Waals surface area contributed by atoms with Gasteiger partial charge in [0.05, 0.1) is 13.7 Å². The van der Waals surface area contributed by atoms with Crippen LogP contribution < -0.4 is 14.4 Å². The summed E-state index contributed by atoms with van der Waals surface area (Å²) in [5.41, 5.74) is 2.78. The molecule has 1 heterocycles. The van der Waals surface area contributed by atoms with Gasteiger partial charge in [0.2, 0.25) is 0 Å².